The molecule has 1 fully saturated rings. The molecule has 5 nitrogen and oxygen atoms in total. The first-order valence-corrected chi connectivity index (χ1v) is 10.8. The van der Waals surface area contributed by atoms with Crippen molar-refractivity contribution in [1.29, 1.82) is 0 Å². The van der Waals surface area contributed by atoms with Crippen LogP contribution in [0.2, 0.25) is 0 Å². The lowest BCUT2D eigenvalue weighted by Crippen LogP contribution is -2.20. The predicted molar refractivity (Wildman–Crippen MR) is 124 cm³/mol. The van der Waals surface area contributed by atoms with E-state index in [-0.39, 0.29) is 0 Å². The second-order valence-corrected chi connectivity index (χ2v) is 8.35. The Morgan fingerprint density at radius 3 is 2.44 bits per heavy atom. The molecule has 2 aliphatic rings. The maximum Gasteiger partial charge on any atom is 0.416 e. The van der Waals surface area contributed by atoms with E-state index in [1.165, 1.54) is 17.7 Å². The van der Waals surface area contributed by atoms with Gasteiger partial charge < -0.3 is 4.90 Å². The van der Waals surface area contributed by atoms with Gasteiger partial charge in [0.25, 0.3) is 0 Å². The van der Waals surface area contributed by atoms with Crippen LogP contribution in [-0.2, 0) is 6.18 Å². The normalized spacial score (nSPS) is 15.1. The van der Waals surface area contributed by atoms with E-state index in [0.29, 0.717) is 28.2 Å². The van der Waals surface area contributed by atoms with Crippen molar-refractivity contribution in [3.8, 4) is 11.3 Å². The van der Waals surface area contributed by atoms with E-state index in [2.05, 4.69) is 15.0 Å². The maximum absolute atomic E-state index is 13.5. The highest BCUT2D eigenvalue weighted by molar-refractivity contribution is 6.00. The minimum Gasteiger partial charge on any atom is -0.308 e. The first-order valence-electron chi connectivity index (χ1n) is 10.8. The van der Waals surface area contributed by atoms with Crippen molar-refractivity contribution in [3.63, 3.8) is 0 Å². The monoisotopic (exact) mass is 457 g/mol. The van der Waals surface area contributed by atoms with Crippen LogP contribution in [0.25, 0.3) is 28.4 Å². The summed E-state index contributed by atoms with van der Waals surface area (Å²) < 4.78 is 40.6. The number of benzene rings is 1. The SMILES string of the molecule is Cc1ncc(-c2ccc3ncc4c(c3n2)N(c2cccc(C(F)(F)F)c2)C(=C2CC2)C=C4)cn1. The summed E-state index contributed by atoms with van der Waals surface area (Å²) in [6.07, 6.45) is 6.47. The van der Waals surface area contributed by atoms with Crippen LogP contribution >= 0.6 is 0 Å². The molecule has 1 saturated carbocycles. The molecule has 1 aliphatic carbocycles. The van der Waals surface area contributed by atoms with Crippen molar-refractivity contribution in [1.82, 2.24) is 19.9 Å². The van der Waals surface area contributed by atoms with Crippen LogP contribution < -0.4 is 4.90 Å². The summed E-state index contributed by atoms with van der Waals surface area (Å²) in [5, 5.41) is 0. The van der Waals surface area contributed by atoms with Gasteiger partial charge in [-0.2, -0.15) is 13.2 Å². The summed E-state index contributed by atoms with van der Waals surface area (Å²) in [6, 6.07) is 9.14. The molecule has 0 radical (unpaired) electrons. The molecule has 6 rings (SSSR count). The molecule has 0 spiro atoms. The topological polar surface area (TPSA) is 54.8 Å². The van der Waals surface area contributed by atoms with Crippen molar-refractivity contribution >= 4 is 28.5 Å². The second kappa shape index (κ2) is 7.48. The third-order valence-electron chi connectivity index (χ3n) is 5.97. The van der Waals surface area contributed by atoms with Crippen LogP contribution in [0.3, 0.4) is 0 Å². The summed E-state index contributed by atoms with van der Waals surface area (Å²) in [7, 11) is 0. The van der Waals surface area contributed by atoms with E-state index in [0.717, 1.165) is 41.4 Å². The van der Waals surface area contributed by atoms with Crippen molar-refractivity contribution in [2.24, 2.45) is 0 Å². The Kier molecular flexibility index (Phi) is 4.52. The van der Waals surface area contributed by atoms with Gasteiger partial charge in [-0.15, -0.1) is 0 Å². The number of aromatic nitrogens is 4. The van der Waals surface area contributed by atoms with E-state index in [1.807, 2.05) is 36.1 Å². The molecule has 0 saturated heterocycles. The molecule has 0 amide bonds. The molecule has 34 heavy (non-hydrogen) atoms. The van der Waals surface area contributed by atoms with Gasteiger partial charge in [0.15, 0.2) is 0 Å². The van der Waals surface area contributed by atoms with Gasteiger partial charge in [-0.25, -0.2) is 15.0 Å². The summed E-state index contributed by atoms with van der Waals surface area (Å²) in [5.41, 5.74) is 6.04. The number of alkyl halides is 3. The van der Waals surface area contributed by atoms with Gasteiger partial charge in [0.1, 0.15) is 11.3 Å². The number of halogens is 3. The zero-order valence-electron chi connectivity index (χ0n) is 18.1. The Hall–Kier alpha value is -4.07. The Morgan fingerprint density at radius 2 is 1.71 bits per heavy atom. The summed E-state index contributed by atoms with van der Waals surface area (Å²) in [6.45, 7) is 1.81. The van der Waals surface area contributed by atoms with Crippen molar-refractivity contribution < 1.29 is 13.2 Å². The lowest BCUT2D eigenvalue weighted by Gasteiger charge is -2.31. The quantitative estimate of drug-likeness (QED) is 0.338. The van der Waals surface area contributed by atoms with Gasteiger partial charge in [0.2, 0.25) is 0 Å². The molecule has 4 aromatic rings. The number of allylic oxidation sites excluding steroid dienone is 2. The Labute approximate surface area is 193 Å². The molecular formula is C26H18F3N5. The second-order valence-electron chi connectivity index (χ2n) is 8.35. The van der Waals surface area contributed by atoms with Crippen molar-refractivity contribution in [2.75, 3.05) is 4.90 Å². The molecule has 1 aromatic carbocycles. The molecule has 168 valence electrons. The zero-order chi connectivity index (χ0) is 23.4. The number of aryl methyl sites for hydroxylation is 1. The maximum atomic E-state index is 13.5. The summed E-state index contributed by atoms with van der Waals surface area (Å²) in [5.74, 6) is 0.658. The average molecular weight is 457 g/mol. The minimum atomic E-state index is -4.44. The molecule has 1 aliphatic heterocycles. The molecular weight excluding hydrogens is 439 g/mol. The smallest absolute Gasteiger partial charge is 0.308 e. The minimum absolute atomic E-state index is 0.438. The molecule has 0 bridgehead atoms. The van der Waals surface area contributed by atoms with Crippen molar-refractivity contribution in [2.45, 2.75) is 25.9 Å². The van der Waals surface area contributed by atoms with Gasteiger partial charge in [0, 0.05) is 41.1 Å². The van der Waals surface area contributed by atoms with E-state index in [4.69, 9.17) is 4.98 Å². The third kappa shape index (κ3) is 3.51. The number of hydrogen-bond donors (Lipinski definition) is 0. The largest absolute Gasteiger partial charge is 0.416 e. The number of anilines is 2. The predicted octanol–water partition coefficient (Wildman–Crippen LogP) is 6.63. The molecule has 0 atom stereocenters. The van der Waals surface area contributed by atoms with Gasteiger partial charge in [0.05, 0.1) is 22.5 Å². The van der Waals surface area contributed by atoms with Crippen LogP contribution in [0.1, 0.15) is 29.8 Å². The van der Waals surface area contributed by atoms with Gasteiger partial charge >= 0.3 is 6.18 Å². The van der Waals surface area contributed by atoms with Crippen LogP contribution in [0.5, 0.6) is 0 Å². The molecule has 0 unspecified atom stereocenters. The first kappa shape index (κ1) is 20.5. The first-order chi connectivity index (χ1) is 16.4. The van der Waals surface area contributed by atoms with E-state index in [9.17, 15) is 13.2 Å². The van der Waals surface area contributed by atoms with Gasteiger partial charge in [-0.1, -0.05) is 6.07 Å². The fraction of sp³-hybridized carbons (Fsp3) is 0.154. The highest BCUT2D eigenvalue weighted by Gasteiger charge is 2.33. The van der Waals surface area contributed by atoms with E-state index in [1.54, 1.807) is 24.7 Å². The summed E-state index contributed by atoms with van der Waals surface area (Å²) >= 11 is 0. The van der Waals surface area contributed by atoms with E-state index >= 15 is 0 Å². The van der Waals surface area contributed by atoms with Gasteiger partial charge in [-0.3, -0.25) is 4.98 Å². The number of pyridine rings is 2. The highest BCUT2D eigenvalue weighted by Crippen LogP contribution is 2.46. The molecule has 3 aromatic heterocycles. The average Bonchev–Trinajstić information content (AvgIpc) is 3.68. The van der Waals surface area contributed by atoms with Crippen LogP contribution in [0.4, 0.5) is 24.5 Å². The number of hydrogen-bond acceptors (Lipinski definition) is 5. The lowest BCUT2D eigenvalue weighted by molar-refractivity contribution is -0.137. The van der Waals surface area contributed by atoms with Crippen LogP contribution in [-0.4, -0.2) is 19.9 Å². The Balaban J connectivity index is 1.60. The highest BCUT2D eigenvalue weighted by atomic mass is 19.4. The number of rotatable bonds is 2. The fourth-order valence-corrected chi connectivity index (χ4v) is 4.16. The number of nitrogens with zero attached hydrogens (tertiary/aromatic N) is 5. The Morgan fingerprint density at radius 1 is 0.912 bits per heavy atom. The van der Waals surface area contributed by atoms with E-state index < -0.39 is 11.7 Å². The Bertz CT molecular complexity index is 1500. The van der Waals surface area contributed by atoms with Crippen LogP contribution in [0, 0.1) is 6.92 Å². The summed E-state index contributed by atoms with van der Waals surface area (Å²) in [4.78, 5) is 19.8. The molecule has 0 N–H and O–H groups in total. The zero-order valence-corrected chi connectivity index (χ0v) is 18.1. The third-order valence-corrected chi connectivity index (χ3v) is 5.97. The number of fused-ring (bicyclic) bond motifs is 3. The lowest BCUT2D eigenvalue weighted by atomic mass is 10.0. The van der Waals surface area contributed by atoms with Crippen molar-refractivity contribution in [3.05, 3.63) is 89.3 Å². The molecule has 8 heteroatoms. The van der Waals surface area contributed by atoms with Gasteiger partial charge in [-0.05, 0) is 67.8 Å². The fourth-order valence-electron chi connectivity index (χ4n) is 4.16. The van der Waals surface area contributed by atoms with Crippen LogP contribution in [0.15, 0.2) is 72.3 Å². The standard InChI is InChI=1S/C26H18F3N5/c1-15-30-13-18(14-31-15)21-8-9-22-24(33-21)25-17(12-32-22)7-10-23(16-5-6-16)34(25)20-4-2-3-19(11-20)26(27,28)29/h2-4,7-14H,5-6H2,1H3. The molecule has 4 heterocycles.